The molecule has 1 N–H and O–H groups in total. The second-order valence-corrected chi connectivity index (χ2v) is 4.68. The van der Waals surface area contributed by atoms with Gasteiger partial charge in [-0.1, -0.05) is 12.1 Å². The van der Waals surface area contributed by atoms with E-state index in [1.807, 2.05) is 38.1 Å². The molecule has 0 aromatic heterocycles. The van der Waals surface area contributed by atoms with Gasteiger partial charge in [-0.25, -0.2) is 4.79 Å². The second-order valence-electron chi connectivity index (χ2n) is 4.68. The number of rotatable bonds is 3. The van der Waals surface area contributed by atoms with Crippen LogP contribution < -0.4 is 10.1 Å². The largest absolute Gasteiger partial charge is 0.497 e. The fraction of sp³-hybridized carbons (Fsp3) is 0.462. The highest BCUT2D eigenvalue weighted by molar-refractivity contribution is 5.74. The summed E-state index contributed by atoms with van der Waals surface area (Å²) in [4.78, 5) is 13.2. The smallest absolute Gasteiger partial charge is 0.317 e. The Bertz CT molecular complexity index is 383. The number of nitrogens with one attached hydrogen (secondary N) is 1. The molecule has 94 valence electrons. The second kappa shape index (κ2) is 5.08. The maximum absolute atomic E-state index is 11.6. The number of carbonyl (C=O) groups is 1. The van der Waals surface area contributed by atoms with Crippen LogP contribution in [0.25, 0.3) is 0 Å². The van der Waals surface area contributed by atoms with Crippen LogP contribution in [0.4, 0.5) is 4.79 Å². The molecule has 1 aromatic carbocycles. The summed E-state index contributed by atoms with van der Waals surface area (Å²) in [5.74, 6) is 0.809. The molecule has 4 nitrogen and oxygen atoms in total. The van der Waals surface area contributed by atoms with E-state index in [4.69, 9.17) is 4.74 Å². The summed E-state index contributed by atoms with van der Waals surface area (Å²) < 4.78 is 5.11. The lowest BCUT2D eigenvalue weighted by Crippen LogP contribution is -2.45. The topological polar surface area (TPSA) is 41.6 Å². The molecular weight excluding hydrogens is 216 g/mol. The number of hydrogen-bond donors (Lipinski definition) is 1. The average Bonchev–Trinajstić information content (AvgIpc) is 2.28. The highest BCUT2D eigenvalue weighted by Gasteiger charge is 2.23. The van der Waals surface area contributed by atoms with Crippen molar-refractivity contribution in [1.82, 2.24) is 10.2 Å². The lowest BCUT2D eigenvalue weighted by Gasteiger charge is -2.28. The average molecular weight is 236 g/mol. The van der Waals surface area contributed by atoms with Gasteiger partial charge in [-0.3, -0.25) is 0 Å². The lowest BCUT2D eigenvalue weighted by atomic mass is 9.94. The molecular formula is C13H20N2O2. The Kier molecular flexibility index (Phi) is 3.99. The molecule has 0 aliphatic carbocycles. The van der Waals surface area contributed by atoms with Gasteiger partial charge in [0.2, 0.25) is 0 Å². The summed E-state index contributed by atoms with van der Waals surface area (Å²) in [5.41, 5.74) is 0.627. The minimum absolute atomic E-state index is 0.106. The number of benzene rings is 1. The summed E-state index contributed by atoms with van der Waals surface area (Å²) in [6, 6.07) is 7.58. The molecule has 0 unspecified atom stereocenters. The fourth-order valence-electron chi connectivity index (χ4n) is 1.46. The molecule has 17 heavy (non-hydrogen) atoms. The molecule has 0 bridgehead atoms. The van der Waals surface area contributed by atoms with Crippen LogP contribution in [-0.2, 0) is 5.54 Å². The molecule has 2 amide bonds. The van der Waals surface area contributed by atoms with E-state index >= 15 is 0 Å². The van der Waals surface area contributed by atoms with Crippen molar-refractivity contribution in [3.8, 4) is 5.75 Å². The van der Waals surface area contributed by atoms with Crippen molar-refractivity contribution in [3.05, 3.63) is 29.8 Å². The van der Waals surface area contributed by atoms with E-state index in [1.165, 1.54) is 4.90 Å². The molecule has 0 saturated heterocycles. The van der Waals surface area contributed by atoms with Gasteiger partial charge in [0.05, 0.1) is 12.6 Å². The summed E-state index contributed by atoms with van der Waals surface area (Å²) >= 11 is 0. The van der Waals surface area contributed by atoms with Crippen molar-refractivity contribution in [2.45, 2.75) is 19.4 Å². The third-order valence-corrected chi connectivity index (χ3v) is 2.64. The monoisotopic (exact) mass is 236 g/mol. The first-order chi connectivity index (χ1) is 7.86. The van der Waals surface area contributed by atoms with E-state index in [0.717, 1.165) is 11.3 Å². The van der Waals surface area contributed by atoms with Crippen LogP contribution in [0.3, 0.4) is 0 Å². The highest BCUT2D eigenvalue weighted by Crippen LogP contribution is 2.22. The van der Waals surface area contributed by atoms with E-state index in [0.29, 0.717) is 0 Å². The van der Waals surface area contributed by atoms with Gasteiger partial charge in [0, 0.05) is 14.1 Å². The van der Waals surface area contributed by atoms with Crippen molar-refractivity contribution in [3.63, 3.8) is 0 Å². The zero-order valence-electron chi connectivity index (χ0n) is 11.1. The Morgan fingerprint density at radius 2 is 1.76 bits per heavy atom. The summed E-state index contributed by atoms with van der Waals surface area (Å²) in [7, 11) is 5.08. The van der Waals surface area contributed by atoms with Crippen molar-refractivity contribution in [2.24, 2.45) is 0 Å². The summed E-state index contributed by atoms with van der Waals surface area (Å²) in [6.45, 7) is 3.94. The quantitative estimate of drug-likeness (QED) is 0.874. The van der Waals surface area contributed by atoms with Gasteiger partial charge in [-0.2, -0.15) is 0 Å². The van der Waals surface area contributed by atoms with Crippen molar-refractivity contribution < 1.29 is 9.53 Å². The van der Waals surface area contributed by atoms with E-state index in [1.54, 1.807) is 21.2 Å². The highest BCUT2D eigenvalue weighted by atomic mass is 16.5. The first kappa shape index (κ1) is 13.4. The third kappa shape index (κ3) is 3.37. The standard InChI is InChI=1S/C13H20N2O2/c1-13(2,14-12(16)15(3)4)10-6-8-11(17-5)9-7-10/h6-9H,1-5H3,(H,14,16). The first-order valence-electron chi connectivity index (χ1n) is 5.51. The number of nitrogens with zero attached hydrogens (tertiary/aromatic N) is 1. The SMILES string of the molecule is COc1ccc(C(C)(C)NC(=O)N(C)C)cc1. The number of amides is 2. The molecule has 0 radical (unpaired) electrons. The molecule has 0 aliphatic heterocycles. The van der Waals surface area contributed by atoms with Crippen LogP contribution in [-0.4, -0.2) is 32.1 Å². The summed E-state index contributed by atoms with van der Waals surface area (Å²) in [5, 5.41) is 2.96. The van der Waals surface area contributed by atoms with Crippen molar-refractivity contribution >= 4 is 6.03 Å². The zero-order chi connectivity index (χ0) is 13.1. The predicted molar refractivity (Wildman–Crippen MR) is 68.2 cm³/mol. The number of hydrogen-bond acceptors (Lipinski definition) is 2. The number of urea groups is 1. The molecule has 4 heteroatoms. The molecule has 0 atom stereocenters. The predicted octanol–water partition coefficient (Wildman–Crippen LogP) is 2.20. The van der Waals surface area contributed by atoms with E-state index in [9.17, 15) is 4.79 Å². The molecule has 0 saturated carbocycles. The molecule has 1 aromatic rings. The van der Waals surface area contributed by atoms with Gasteiger partial charge < -0.3 is 15.0 Å². The third-order valence-electron chi connectivity index (χ3n) is 2.64. The first-order valence-corrected chi connectivity index (χ1v) is 5.51. The molecule has 0 spiro atoms. The molecule has 1 rings (SSSR count). The number of methoxy groups -OCH3 is 1. The van der Waals surface area contributed by atoms with Gasteiger partial charge in [-0.05, 0) is 31.5 Å². The van der Waals surface area contributed by atoms with Gasteiger partial charge >= 0.3 is 6.03 Å². The minimum Gasteiger partial charge on any atom is -0.497 e. The van der Waals surface area contributed by atoms with Gasteiger partial charge in [-0.15, -0.1) is 0 Å². The fourth-order valence-corrected chi connectivity index (χ4v) is 1.46. The Balaban J connectivity index is 2.84. The molecule has 0 fully saturated rings. The lowest BCUT2D eigenvalue weighted by molar-refractivity contribution is 0.206. The maximum atomic E-state index is 11.6. The minimum atomic E-state index is -0.409. The Hall–Kier alpha value is -1.71. The van der Waals surface area contributed by atoms with E-state index in [2.05, 4.69) is 5.32 Å². The summed E-state index contributed by atoms with van der Waals surface area (Å²) in [6.07, 6.45) is 0. The van der Waals surface area contributed by atoms with Crippen LogP contribution in [0.1, 0.15) is 19.4 Å². The molecule has 0 heterocycles. The van der Waals surface area contributed by atoms with Gasteiger partial charge in [0.15, 0.2) is 0 Å². The van der Waals surface area contributed by atoms with Crippen LogP contribution in [0, 0.1) is 0 Å². The van der Waals surface area contributed by atoms with Gasteiger partial charge in [0.1, 0.15) is 5.75 Å². The van der Waals surface area contributed by atoms with Crippen molar-refractivity contribution in [2.75, 3.05) is 21.2 Å². The Labute approximate surface area is 103 Å². The van der Waals surface area contributed by atoms with Crippen LogP contribution in [0.15, 0.2) is 24.3 Å². The number of carbonyl (C=O) groups excluding carboxylic acids is 1. The number of ether oxygens (including phenoxy) is 1. The van der Waals surface area contributed by atoms with Crippen LogP contribution in [0.5, 0.6) is 5.75 Å². The van der Waals surface area contributed by atoms with Crippen molar-refractivity contribution in [1.29, 1.82) is 0 Å². The normalized spacial score (nSPS) is 10.9. The van der Waals surface area contributed by atoms with Crippen LogP contribution >= 0.6 is 0 Å². The van der Waals surface area contributed by atoms with E-state index in [-0.39, 0.29) is 6.03 Å². The Morgan fingerprint density at radius 1 is 1.24 bits per heavy atom. The van der Waals surface area contributed by atoms with E-state index < -0.39 is 5.54 Å². The maximum Gasteiger partial charge on any atom is 0.317 e. The van der Waals surface area contributed by atoms with Gasteiger partial charge in [0.25, 0.3) is 0 Å². The Morgan fingerprint density at radius 3 is 2.18 bits per heavy atom. The molecule has 0 aliphatic rings. The van der Waals surface area contributed by atoms with Crippen LogP contribution in [0.2, 0.25) is 0 Å². The zero-order valence-corrected chi connectivity index (χ0v) is 11.1.